The highest BCUT2D eigenvalue weighted by atomic mass is 35.5. The van der Waals surface area contributed by atoms with Gasteiger partial charge in [0.2, 0.25) is 10.0 Å². The lowest BCUT2D eigenvalue weighted by Crippen LogP contribution is -2.55. The van der Waals surface area contributed by atoms with Gasteiger partial charge >= 0.3 is 0 Å². The first-order valence-corrected chi connectivity index (χ1v) is 12.1. The van der Waals surface area contributed by atoms with Gasteiger partial charge in [-0.05, 0) is 55.2 Å². The fourth-order valence-corrected chi connectivity index (χ4v) is 5.92. The summed E-state index contributed by atoms with van der Waals surface area (Å²) in [5.41, 5.74) is 1.40. The summed E-state index contributed by atoms with van der Waals surface area (Å²) >= 11 is 6.23. The number of benzene rings is 1. The van der Waals surface area contributed by atoms with E-state index in [1.165, 1.54) is 29.9 Å². The minimum atomic E-state index is -3.58. The lowest BCUT2D eigenvalue weighted by atomic mass is 9.63. The van der Waals surface area contributed by atoms with Crippen LogP contribution in [0.15, 0.2) is 35.5 Å². The summed E-state index contributed by atoms with van der Waals surface area (Å²) in [6.07, 6.45) is 7.71. The number of hydrogen-bond donors (Lipinski definition) is 2. The summed E-state index contributed by atoms with van der Waals surface area (Å²) in [5, 5.41) is 7.42. The minimum absolute atomic E-state index is 0.0733. The summed E-state index contributed by atoms with van der Waals surface area (Å²) in [6.45, 7) is 2.46. The fraction of sp³-hybridized carbons (Fsp3) is 0.524. The second-order valence-electron chi connectivity index (χ2n) is 8.89. The van der Waals surface area contributed by atoms with Gasteiger partial charge in [-0.3, -0.25) is 9.48 Å². The first kappa shape index (κ1) is 21.3. The molecule has 1 amide bonds. The number of aryl methyl sites for hydroxylation is 2. The summed E-state index contributed by atoms with van der Waals surface area (Å²) in [6, 6.07) is 5.26. The standard InChI is InChI=1S/C21H27ClN4O3S/c1-14-3-6-18(19(22)7-14)20(27)23-13-21(8-15-4-5-15)9-16(10-21)25-30(28,29)17-11-24-26(2)12-17/h3,6-7,11-12,15-16,25H,4-5,8-10,13H2,1-2H3,(H,23,27)/t16-,21+. The van der Waals surface area contributed by atoms with Crippen LogP contribution < -0.4 is 10.0 Å². The van der Waals surface area contributed by atoms with Gasteiger partial charge in [-0.15, -0.1) is 0 Å². The third-order valence-corrected chi connectivity index (χ3v) is 7.87. The molecule has 0 unspecified atom stereocenters. The van der Waals surface area contributed by atoms with Crippen LogP contribution in [0.25, 0.3) is 0 Å². The predicted molar refractivity (Wildman–Crippen MR) is 115 cm³/mol. The maximum atomic E-state index is 12.6. The van der Waals surface area contributed by atoms with Crippen molar-refractivity contribution in [3.05, 3.63) is 46.7 Å². The SMILES string of the molecule is Cc1ccc(C(=O)NC[C@]2(CC3CC3)C[C@H](NS(=O)(=O)c3cnn(C)c3)C2)c(Cl)c1. The minimum Gasteiger partial charge on any atom is -0.351 e. The largest absolute Gasteiger partial charge is 0.351 e. The molecule has 2 aromatic rings. The fourth-order valence-electron chi connectivity index (χ4n) is 4.38. The molecule has 2 fully saturated rings. The Kier molecular flexibility index (Phi) is 5.67. The molecule has 0 spiro atoms. The van der Waals surface area contributed by atoms with Gasteiger partial charge < -0.3 is 5.32 Å². The highest BCUT2D eigenvalue weighted by Crippen LogP contribution is 2.51. The van der Waals surface area contributed by atoms with E-state index in [9.17, 15) is 13.2 Å². The third-order valence-electron chi connectivity index (χ3n) is 6.08. The smallest absolute Gasteiger partial charge is 0.252 e. The number of halogens is 1. The number of amides is 1. The molecule has 1 heterocycles. The van der Waals surface area contributed by atoms with Gasteiger partial charge in [-0.2, -0.15) is 5.10 Å². The summed E-state index contributed by atoms with van der Waals surface area (Å²) < 4.78 is 29.4. The molecule has 4 rings (SSSR count). The molecule has 0 atom stereocenters. The Balaban J connectivity index is 1.38. The topological polar surface area (TPSA) is 93.1 Å². The van der Waals surface area contributed by atoms with Gasteiger partial charge in [-0.1, -0.05) is 30.5 Å². The average molecular weight is 451 g/mol. The van der Waals surface area contributed by atoms with Crippen molar-refractivity contribution in [3.63, 3.8) is 0 Å². The van der Waals surface area contributed by atoms with Crippen molar-refractivity contribution < 1.29 is 13.2 Å². The predicted octanol–water partition coefficient (Wildman–Crippen LogP) is 3.04. The third kappa shape index (κ3) is 4.71. The zero-order valence-corrected chi connectivity index (χ0v) is 18.8. The van der Waals surface area contributed by atoms with Crippen LogP contribution in [0, 0.1) is 18.3 Å². The maximum Gasteiger partial charge on any atom is 0.252 e. The Morgan fingerprint density at radius 2 is 2.07 bits per heavy atom. The number of sulfonamides is 1. The molecule has 7 nitrogen and oxygen atoms in total. The highest BCUT2D eigenvalue weighted by Gasteiger charge is 2.48. The van der Waals surface area contributed by atoms with Crippen molar-refractivity contribution in [2.75, 3.05) is 6.54 Å². The van der Waals surface area contributed by atoms with E-state index in [-0.39, 0.29) is 22.3 Å². The average Bonchev–Trinajstić information content (AvgIpc) is 3.34. The zero-order chi connectivity index (χ0) is 21.5. The monoisotopic (exact) mass is 450 g/mol. The number of rotatable bonds is 8. The molecular weight excluding hydrogens is 424 g/mol. The Morgan fingerprint density at radius 1 is 1.33 bits per heavy atom. The second-order valence-corrected chi connectivity index (χ2v) is 11.0. The van der Waals surface area contributed by atoms with Crippen LogP contribution in [0.2, 0.25) is 5.02 Å². The number of carbonyl (C=O) groups excluding carboxylic acids is 1. The quantitative estimate of drug-likeness (QED) is 0.646. The van der Waals surface area contributed by atoms with Gasteiger partial charge in [0.15, 0.2) is 0 Å². The van der Waals surface area contributed by atoms with Crippen molar-refractivity contribution in [3.8, 4) is 0 Å². The number of hydrogen-bond acceptors (Lipinski definition) is 4. The van der Waals surface area contributed by atoms with Gasteiger partial charge in [0.1, 0.15) is 4.90 Å². The van der Waals surface area contributed by atoms with Crippen LogP contribution in [-0.2, 0) is 17.1 Å². The molecule has 9 heteroatoms. The molecule has 0 radical (unpaired) electrons. The molecule has 0 saturated heterocycles. The van der Waals surface area contributed by atoms with Crippen molar-refractivity contribution in [2.45, 2.75) is 50.0 Å². The molecule has 2 N–H and O–H groups in total. The normalized spacial score (nSPS) is 23.8. The highest BCUT2D eigenvalue weighted by molar-refractivity contribution is 7.89. The van der Waals surface area contributed by atoms with Gasteiger partial charge in [0.05, 0.1) is 16.8 Å². The van der Waals surface area contributed by atoms with E-state index < -0.39 is 10.0 Å². The molecular formula is C21H27ClN4O3S. The van der Waals surface area contributed by atoms with Crippen molar-refractivity contribution in [1.29, 1.82) is 0 Å². The molecule has 162 valence electrons. The Bertz CT molecular complexity index is 1060. The van der Waals surface area contributed by atoms with Crippen LogP contribution in [0.1, 0.15) is 48.0 Å². The van der Waals surface area contributed by atoms with E-state index in [4.69, 9.17) is 11.6 Å². The molecule has 30 heavy (non-hydrogen) atoms. The van der Waals surface area contributed by atoms with E-state index >= 15 is 0 Å². The Hall–Kier alpha value is -1.90. The van der Waals surface area contributed by atoms with Crippen LogP contribution in [0.3, 0.4) is 0 Å². The Labute approximate surface area is 182 Å². The van der Waals surface area contributed by atoms with Gasteiger partial charge in [0.25, 0.3) is 5.91 Å². The molecule has 0 bridgehead atoms. The number of nitrogens with zero attached hydrogens (tertiary/aromatic N) is 2. The molecule has 0 aliphatic heterocycles. The molecule has 2 aliphatic carbocycles. The van der Waals surface area contributed by atoms with Gasteiger partial charge in [0, 0.05) is 25.8 Å². The van der Waals surface area contributed by atoms with Crippen LogP contribution in [0.4, 0.5) is 0 Å². The first-order chi connectivity index (χ1) is 14.2. The Morgan fingerprint density at radius 3 is 2.67 bits per heavy atom. The zero-order valence-electron chi connectivity index (χ0n) is 17.2. The summed E-state index contributed by atoms with van der Waals surface area (Å²) in [4.78, 5) is 12.8. The molecule has 2 aliphatic rings. The van der Waals surface area contributed by atoms with E-state index in [2.05, 4.69) is 15.1 Å². The summed E-state index contributed by atoms with van der Waals surface area (Å²) in [5.74, 6) is 0.496. The van der Waals surface area contributed by atoms with E-state index in [0.29, 0.717) is 35.9 Å². The number of nitrogens with one attached hydrogen (secondary N) is 2. The summed E-state index contributed by atoms with van der Waals surface area (Å²) in [7, 11) is -1.90. The lowest BCUT2D eigenvalue weighted by Gasteiger charge is -2.48. The van der Waals surface area contributed by atoms with Crippen molar-refractivity contribution in [1.82, 2.24) is 19.8 Å². The number of carbonyl (C=O) groups is 1. The molecule has 1 aromatic carbocycles. The lowest BCUT2D eigenvalue weighted by molar-refractivity contribution is 0.0661. The molecule has 1 aromatic heterocycles. The second kappa shape index (κ2) is 7.98. The van der Waals surface area contributed by atoms with E-state index in [0.717, 1.165) is 12.0 Å². The van der Waals surface area contributed by atoms with Crippen LogP contribution in [0.5, 0.6) is 0 Å². The maximum absolute atomic E-state index is 12.6. The molecule has 2 saturated carbocycles. The van der Waals surface area contributed by atoms with Crippen molar-refractivity contribution >= 4 is 27.5 Å². The first-order valence-electron chi connectivity index (χ1n) is 10.2. The van der Waals surface area contributed by atoms with Gasteiger partial charge in [-0.25, -0.2) is 13.1 Å². The van der Waals surface area contributed by atoms with E-state index in [1.54, 1.807) is 19.2 Å². The van der Waals surface area contributed by atoms with Crippen LogP contribution in [-0.4, -0.2) is 36.7 Å². The number of aromatic nitrogens is 2. The van der Waals surface area contributed by atoms with E-state index in [1.807, 2.05) is 13.0 Å². The van der Waals surface area contributed by atoms with Crippen molar-refractivity contribution in [2.24, 2.45) is 18.4 Å². The van der Waals surface area contributed by atoms with Crippen LogP contribution >= 0.6 is 11.6 Å².